The number of para-hydroxylation sites is 2. The predicted octanol–water partition coefficient (Wildman–Crippen LogP) is 0.405. The van der Waals surface area contributed by atoms with Crippen LogP contribution < -0.4 is 10.9 Å². The summed E-state index contributed by atoms with van der Waals surface area (Å²) in [6, 6.07) is 25.8. The van der Waals surface area contributed by atoms with Gasteiger partial charge in [0.05, 0.1) is 23.7 Å². The van der Waals surface area contributed by atoms with Crippen molar-refractivity contribution in [1.82, 2.24) is 19.1 Å². The summed E-state index contributed by atoms with van der Waals surface area (Å²) in [5, 5.41) is 37.4. The van der Waals surface area contributed by atoms with Gasteiger partial charge in [0.2, 0.25) is 0 Å². The molecule has 12 heteroatoms. The number of hydrogen-bond acceptors (Lipinski definition) is 6. The van der Waals surface area contributed by atoms with Crippen molar-refractivity contribution >= 4 is 48.0 Å². The Morgan fingerprint density at radius 2 is 1.12 bits per heavy atom. The molecule has 2 heterocycles. The smallest absolute Gasteiger partial charge is 0.326 e. The number of fused-ring (bicyclic) bond motifs is 2. The minimum Gasteiger partial charge on any atom is -0.506 e. The van der Waals surface area contributed by atoms with Crippen LogP contribution in [0.15, 0.2) is 97.6 Å². The summed E-state index contributed by atoms with van der Waals surface area (Å²) in [6.07, 6.45) is 3.44. The standard InChI is InChI=1S/2C14H12BN2O2.2H2O/c18-13-3-1-2-12-14(13)16-9-17(12)8-10-4-6-11(15-19)7-5-10;18-13-3-1-2-12-14(13)17(9-16-12)8-10-4-6-11(15-19)7-5-10;;/h2*1-7,9,18-19H,8H2;2*1H2. The molecule has 0 atom stereocenters. The van der Waals surface area contributed by atoms with Crippen LogP contribution in [-0.4, -0.2) is 65.3 Å². The highest BCUT2D eigenvalue weighted by Crippen LogP contribution is 2.24. The third-order valence-corrected chi connectivity index (χ3v) is 6.21. The van der Waals surface area contributed by atoms with Gasteiger partial charge in [0.25, 0.3) is 0 Å². The molecule has 0 aliphatic heterocycles. The monoisotopic (exact) mass is 538 g/mol. The maximum absolute atomic E-state index is 9.90. The van der Waals surface area contributed by atoms with Crippen LogP contribution in [0, 0.1) is 0 Å². The highest BCUT2D eigenvalue weighted by atomic mass is 16.3. The highest BCUT2D eigenvalue weighted by molar-refractivity contribution is 6.45. The lowest BCUT2D eigenvalue weighted by molar-refractivity contribution is 0.478. The van der Waals surface area contributed by atoms with E-state index in [1.54, 1.807) is 36.9 Å². The Balaban J connectivity index is 0.000000210. The van der Waals surface area contributed by atoms with E-state index in [9.17, 15) is 10.2 Å². The van der Waals surface area contributed by atoms with Gasteiger partial charge in [0.1, 0.15) is 22.5 Å². The summed E-state index contributed by atoms with van der Waals surface area (Å²) in [5.74, 6) is 0.428. The van der Waals surface area contributed by atoms with E-state index in [2.05, 4.69) is 9.97 Å². The molecular weight excluding hydrogens is 510 g/mol. The number of imidazole rings is 2. The summed E-state index contributed by atoms with van der Waals surface area (Å²) in [5.41, 5.74) is 6.75. The van der Waals surface area contributed by atoms with Gasteiger partial charge in [-0.3, -0.25) is 0 Å². The molecule has 202 valence electrons. The molecule has 6 aromatic rings. The van der Waals surface area contributed by atoms with Gasteiger partial charge in [-0.05, 0) is 35.4 Å². The number of phenols is 2. The van der Waals surface area contributed by atoms with Crippen LogP contribution in [-0.2, 0) is 13.1 Å². The lowest BCUT2D eigenvalue weighted by Crippen LogP contribution is -2.12. The highest BCUT2D eigenvalue weighted by Gasteiger charge is 2.08. The third kappa shape index (κ3) is 6.50. The molecule has 8 N–H and O–H groups in total. The van der Waals surface area contributed by atoms with Crippen molar-refractivity contribution in [3.05, 3.63) is 109 Å². The van der Waals surface area contributed by atoms with Crippen LogP contribution in [0.4, 0.5) is 0 Å². The van der Waals surface area contributed by atoms with Crippen molar-refractivity contribution < 1.29 is 31.2 Å². The summed E-state index contributed by atoms with van der Waals surface area (Å²) in [7, 11) is 2.15. The van der Waals surface area contributed by atoms with E-state index < -0.39 is 0 Å². The molecule has 6 rings (SSSR count). The minimum atomic E-state index is 0. The molecule has 0 bridgehead atoms. The first-order valence-corrected chi connectivity index (χ1v) is 11.9. The molecule has 0 unspecified atom stereocenters. The maximum Gasteiger partial charge on any atom is 0.326 e. The van der Waals surface area contributed by atoms with Gasteiger partial charge < -0.3 is 40.3 Å². The van der Waals surface area contributed by atoms with E-state index in [1.807, 2.05) is 69.8 Å². The van der Waals surface area contributed by atoms with Crippen LogP contribution in [0.2, 0.25) is 0 Å². The summed E-state index contributed by atoms with van der Waals surface area (Å²) < 4.78 is 3.88. The Bertz CT molecular complexity index is 1670. The molecule has 4 aromatic carbocycles. The molecule has 0 saturated heterocycles. The number of nitrogens with zero attached hydrogens (tertiary/aromatic N) is 4. The zero-order valence-electron chi connectivity index (χ0n) is 21.4. The SMILES string of the molecule is O.O.O[B]c1ccc(Cn2cnc3c(O)cccc32)cc1.O[B]c1ccc(Cn2cnc3cccc(O)c32)cc1. The number of phenolic OH excluding ortho intramolecular Hbond substituents is 2. The van der Waals surface area contributed by atoms with Gasteiger partial charge in [-0.2, -0.15) is 0 Å². The zero-order chi connectivity index (χ0) is 26.5. The number of rotatable bonds is 6. The van der Waals surface area contributed by atoms with Gasteiger partial charge in [0, 0.05) is 13.1 Å². The molecule has 0 amide bonds. The molecule has 40 heavy (non-hydrogen) atoms. The van der Waals surface area contributed by atoms with E-state index in [-0.39, 0.29) is 22.5 Å². The largest absolute Gasteiger partial charge is 0.506 e. The van der Waals surface area contributed by atoms with Crippen LogP contribution in [0.3, 0.4) is 0 Å². The molecule has 10 nitrogen and oxygen atoms in total. The van der Waals surface area contributed by atoms with Gasteiger partial charge >= 0.3 is 15.0 Å². The van der Waals surface area contributed by atoms with Gasteiger partial charge in [0.15, 0.2) is 0 Å². The van der Waals surface area contributed by atoms with Crippen LogP contribution >= 0.6 is 0 Å². The average Bonchev–Trinajstić information content (AvgIpc) is 3.56. The summed E-state index contributed by atoms with van der Waals surface area (Å²) in [6.45, 7) is 1.30. The van der Waals surface area contributed by atoms with Crippen LogP contribution in [0.1, 0.15) is 11.1 Å². The second-order valence-electron chi connectivity index (χ2n) is 8.78. The second-order valence-corrected chi connectivity index (χ2v) is 8.78. The van der Waals surface area contributed by atoms with Gasteiger partial charge in [-0.25, -0.2) is 9.97 Å². The van der Waals surface area contributed by atoms with E-state index in [0.717, 1.165) is 53.6 Å². The predicted molar refractivity (Wildman–Crippen MR) is 156 cm³/mol. The fourth-order valence-corrected chi connectivity index (χ4v) is 4.24. The van der Waals surface area contributed by atoms with Crippen molar-refractivity contribution in [2.45, 2.75) is 13.1 Å². The Labute approximate surface area is 231 Å². The molecule has 2 aromatic heterocycles. The lowest BCUT2D eigenvalue weighted by atomic mass is 9.88. The van der Waals surface area contributed by atoms with Gasteiger partial charge in [-0.15, -0.1) is 0 Å². The summed E-state index contributed by atoms with van der Waals surface area (Å²) >= 11 is 0. The van der Waals surface area contributed by atoms with Crippen molar-refractivity contribution in [1.29, 1.82) is 0 Å². The van der Waals surface area contributed by atoms with Crippen LogP contribution in [0.5, 0.6) is 11.5 Å². The normalized spacial score (nSPS) is 10.2. The van der Waals surface area contributed by atoms with Crippen LogP contribution in [0.25, 0.3) is 22.1 Å². The van der Waals surface area contributed by atoms with Crippen molar-refractivity contribution in [3.63, 3.8) is 0 Å². The lowest BCUT2D eigenvalue weighted by Gasteiger charge is -2.06. The Hall–Kier alpha value is -4.61. The van der Waals surface area contributed by atoms with E-state index in [4.69, 9.17) is 10.0 Å². The Morgan fingerprint density at radius 1 is 0.600 bits per heavy atom. The molecule has 0 fully saturated rings. The number of hydrogen-bond donors (Lipinski definition) is 4. The van der Waals surface area contributed by atoms with Crippen molar-refractivity contribution in [2.24, 2.45) is 0 Å². The fourth-order valence-electron chi connectivity index (χ4n) is 4.24. The first-order chi connectivity index (χ1) is 18.6. The Kier molecular flexibility index (Phi) is 10.1. The molecule has 0 spiro atoms. The number of benzene rings is 4. The average molecular weight is 538 g/mol. The quantitative estimate of drug-likeness (QED) is 0.223. The van der Waals surface area contributed by atoms with Gasteiger partial charge in [-0.1, -0.05) is 71.6 Å². The number of aromatic nitrogens is 4. The number of aromatic hydroxyl groups is 2. The molecule has 0 aliphatic carbocycles. The summed E-state index contributed by atoms with van der Waals surface area (Å²) in [4.78, 5) is 8.48. The fraction of sp³-hybridized carbons (Fsp3) is 0.0714. The van der Waals surface area contributed by atoms with Crippen molar-refractivity contribution in [2.75, 3.05) is 0 Å². The molecule has 0 saturated carbocycles. The maximum atomic E-state index is 9.90. The van der Waals surface area contributed by atoms with E-state index in [1.165, 1.54) is 0 Å². The first-order valence-electron chi connectivity index (χ1n) is 11.9. The van der Waals surface area contributed by atoms with E-state index >= 15 is 0 Å². The Morgan fingerprint density at radius 3 is 1.73 bits per heavy atom. The molecular formula is C28H28B2N4O6. The zero-order valence-corrected chi connectivity index (χ0v) is 21.4. The minimum absolute atomic E-state index is 0. The van der Waals surface area contributed by atoms with Crippen molar-refractivity contribution in [3.8, 4) is 11.5 Å². The topological polar surface area (TPSA) is 180 Å². The first kappa shape index (κ1) is 29.9. The van der Waals surface area contributed by atoms with E-state index in [0.29, 0.717) is 18.6 Å². The third-order valence-electron chi connectivity index (χ3n) is 6.21. The molecule has 0 aliphatic rings. The second kappa shape index (κ2) is 13.5. The molecule has 2 radical (unpaired) electrons.